The highest BCUT2D eigenvalue weighted by Gasteiger charge is 2.36. The molecule has 54 heavy (non-hydrogen) atoms. The number of nitrogens with one attached hydrogen (secondary N) is 1. The number of aryl methyl sites for hydroxylation is 1. The van der Waals surface area contributed by atoms with Crippen LogP contribution in [0.1, 0.15) is 77.8 Å². The van der Waals surface area contributed by atoms with Crippen LogP contribution in [-0.4, -0.2) is 83.1 Å². The van der Waals surface area contributed by atoms with Crippen LogP contribution in [0.4, 0.5) is 4.79 Å². The lowest BCUT2D eigenvalue weighted by molar-refractivity contribution is -0.145. The fourth-order valence-corrected chi connectivity index (χ4v) is 7.31. The molecule has 4 aromatic rings. The van der Waals surface area contributed by atoms with Gasteiger partial charge in [-0.15, -0.1) is 0 Å². The van der Waals surface area contributed by atoms with Gasteiger partial charge in [-0.3, -0.25) is 14.6 Å². The van der Waals surface area contributed by atoms with Gasteiger partial charge in [0.25, 0.3) is 0 Å². The molecular formula is C43H56N4O7. The van der Waals surface area contributed by atoms with E-state index in [9.17, 15) is 19.5 Å². The van der Waals surface area contributed by atoms with Gasteiger partial charge in [0.1, 0.15) is 11.6 Å². The molecule has 11 heteroatoms. The SMILES string of the molecule is CCn1c(-c2cccnc2[C@H](C)OC)c(CC(C)(C)CO)c2cc(-c3cccc(C[C@H](NC(=O)OC(C)(C)C)C(=O)N4CC[C@@H](C(=O)OC)C4)c3)ccc21. The number of hydrogen-bond acceptors (Lipinski definition) is 8. The molecular weight excluding hydrogens is 684 g/mol. The molecule has 0 unspecified atom stereocenters. The lowest BCUT2D eigenvalue weighted by atomic mass is 9.84. The van der Waals surface area contributed by atoms with Gasteiger partial charge in [0.15, 0.2) is 0 Å². The number of ether oxygens (including phenoxy) is 3. The number of pyridine rings is 1. The van der Waals surface area contributed by atoms with Crippen LogP contribution in [0.3, 0.4) is 0 Å². The van der Waals surface area contributed by atoms with Crippen molar-refractivity contribution in [1.29, 1.82) is 0 Å². The molecule has 1 fully saturated rings. The van der Waals surface area contributed by atoms with E-state index in [0.717, 1.165) is 56.7 Å². The van der Waals surface area contributed by atoms with Crippen LogP contribution in [-0.2, 0) is 43.2 Å². The minimum Gasteiger partial charge on any atom is -0.469 e. The molecule has 2 aromatic carbocycles. The number of fused-ring (bicyclic) bond motifs is 1. The first-order valence-electron chi connectivity index (χ1n) is 18.8. The van der Waals surface area contributed by atoms with Crippen LogP contribution >= 0.6 is 0 Å². The Morgan fingerprint density at radius 2 is 1.76 bits per heavy atom. The summed E-state index contributed by atoms with van der Waals surface area (Å²) >= 11 is 0. The molecule has 5 rings (SSSR count). The van der Waals surface area contributed by atoms with Gasteiger partial charge in [0.05, 0.1) is 30.5 Å². The van der Waals surface area contributed by atoms with Crippen molar-refractivity contribution in [3.63, 3.8) is 0 Å². The van der Waals surface area contributed by atoms with Crippen LogP contribution in [0.25, 0.3) is 33.3 Å². The number of nitrogens with zero attached hydrogens (tertiary/aromatic N) is 3. The van der Waals surface area contributed by atoms with Gasteiger partial charge < -0.3 is 34.1 Å². The minimum atomic E-state index is -0.911. The summed E-state index contributed by atoms with van der Waals surface area (Å²) in [5.74, 6) is -1.02. The average molecular weight is 741 g/mol. The van der Waals surface area contributed by atoms with Gasteiger partial charge in [0.2, 0.25) is 5.91 Å². The molecule has 1 aliphatic rings. The predicted octanol–water partition coefficient (Wildman–Crippen LogP) is 7.12. The highest BCUT2D eigenvalue weighted by atomic mass is 16.6. The molecule has 2 amide bonds. The third kappa shape index (κ3) is 9.13. The minimum absolute atomic E-state index is 0.0271. The van der Waals surface area contributed by atoms with E-state index in [-0.39, 0.29) is 43.0 Å². The van der Waals surface area contributed by atoms with E-state index in [4.69, 9.17) is 19.2 Å². The van der Waals surface area contributed by atoms with E-state index in [0.29, 0.717) is 19.4 Å². The lowest BCUT2D eigenvalue weighted by Crippen LogP contribution is -2.50. The molecule has 0 bridgehead atoms. The van der Waals surface area contributed by atoms with Crippen molar-refractivity contribution in [3.8, 4) is 22.4 Å². The Balaban J connectivity index is 1.56. The van der Waals surface area contributed by atoms with Crippen molar-refractivity contribution in [2.75, 3.05) is 33.9 Å². The zero-order chi connectivity index (χ0) is 39.4. The third-order valence-electron chi connectivity index (χ3n) is 10.1. The van der Waals surface area contributed by atoms with E-state index >= 15 is 0 Å². The normalized spacial score (nSPS) is 16.0. The molecule has 0 spiro atoms. The number of esters is 1. The molecule has 1 saturated heterocycles. The standard InChI is InChI=1S/C43H56N4O7/c1-10-47-36-17-16-30(23-33(36)34(24-43(6,7)26-48)38(47)32-15-12-19-44-37(32)27(2)52-8)29-14-11-13-28(21-29)22-35(45-41(51)54-42(3,4)5)39(49)46-20-18-31(25-46)40(50)53-9/h11-17,19,21,23,27,31,35,48H,10,18,20,22,24-26H2,1-9H3,(H,45,51)/t27-,31+,35-/m0/s1. The summed E-state index contributed by atoms with van der Waals surface area (Å²) < 4.78 is 18.5. The van der Waals surface area contributed by atoms with Crippen molar-refractivity contribution in [1.82, 2.24) is 19.8 Å². The van der Waals surface area contributed by atoms with Crippen molar-refractivity contribution >= 4 is 28.9 Å². The number of methoxy groups -OCH3 is 2. The summed E-state index contributed by atoms with van der Waals surface area (Å²) in [6.45, 7) is 15.0. The summed E-state index contributed by atoms with van der Waals surface area (Å²) in [5, 5.41) is 14.3. The molecule has 0 aliphatic carbocycles. The Bertz CT molecular complexity index is 1980. The second-order valence-corrected chi connectivity index (χ2v) is 16.0. The van der Waals surface area contributed by atoms with E-state index in [1.165, 1.54) is 7.11 Å². The number of rotatable bonds is 13. The van der Waals surface area contributed by atoms with Gasteiger partial charge in [-0.2, -0.15) is 0 Å². The molecule has 290 valence electrons. The van der Waals surface area contributed by atoms with E-state index in [1.807, 2.05) is 37.3 Å². The Morgan fingerprint density at radius 1 is 1.02 bits per heavy atom. The van der Waals surface area contributed by atoms with E-state index in [1.54, 1.807) is 39.0 Å². The summed E-state index contributed by atoms with van der Waals surface area (Å²) in [4.78, 5) is 45.5. The summed E-state index contributed by atoms with van der Waals surface area (Å²) in [5.41, 5.74) is 6.80. The molecule has 3 heterocycles. The number of amides is 2. The van der Waals surface area contributed by atoms with Crippen LogP contribution in [0.5, 0.6) is 0 Å². The van der Waals surface area contributed by atoms with Gasteiger partial charge >= 0.3 is 12.1 Å². The van der Waals surface area contributed by atoms with Crippen LogP contribution < -0.4 is 5.32 Å². The number of aliphatic hydroxyl groups excluding tert-OH is 1. The molecule has 0 radical (unpaired) electrons. The molecule has 1 aliphatic heterocycles. The fourth-order valence-electron chi connectivity index (χ4n) is 7.31. The largest absolute Gasteiger partial charge is 0.469 e. The summed E-state index contributed by atoms with van der Waals surface area (Å²) in [6, 6.07) is 17.6. The number of likely N-dealkylation sites (tertiary alicyclic amines) is 1. The maximum absolute atomic E-state index is 13.9. The number of carbonyl (C=O) groups excluding carboxylic acids is 3. The smallest absolute Gasteiger partial charge is 0.408 e. The zero-order valence-electron chi connectivity index (χ0n) is 33.2. The fraction of sp³-hybridized carbons (Fsp3) is 0.488. The van der Waals surface area contributed by atoms with Crippen LogP contribution in [0.2, 0.25) is 0 Å². The van der Waals surface area contributed by atoms with Gasteiger partial charge in [-0.25, -0.2) is 4.79 Å². The first-order valence-corrected chi connectivity index (χ1v) is 18.8. The van der Waals surface area contributed by atoms with Crippen molar-refractivity contribution in [3.05, 3.63) is 77.6 Å². The number of carbonyl (C=O) groups is 3. The second-order valence-electron chi connectivity index (χ2n) is 16.0. The molecule has 0 saturated carbocycles. The number of aromatic nitrogens is 2. The van der Waals surface area contributed by atoms with Crippen molar-refractivity contribution in [2.45, 2.75) is 92.0 Å². The summed E-state index contributed by atoms with van der Waals surface area (Å²) in [7, 11) is 3.03. The quantitative estimate of drug-likeness (QED) is 0.139. The number of hydrogen-bond donors (Lipinski definition) is 2. The zero-order valence-corrected chi connectivity index (χ0v) is 33.2. The first kappa shape index (κ1) is 40.4. The lowest BCUT2D eigenvalue weighted by Gasteiger charge is -2.26. The highest BCUT2D eigenvalue weighted by molar-refractivity contribution is 5.95. The van der Waals surface area contributed by atoms with Gasteiger partial charge in [0, 0.05) is 62.4 Å². The summed E-state index contributed by atoms with van der Waals surface area (Å²) in [6.07, 6.45) is 2.25. The molecule has 11 nitrogen and oxygen atoms in total. The van der Waals surface area contributed by atoms with Gasteiger partial charge in [-0.05, 0) is 99.4 Å². The average Bonchev–Trinajstić information content (AvgIpc) is 3.76. The first-order chi connectivity index (χ1) is 25.6. The van der Waals surface area contributed by atoms with Crippen LogP contribution in [0.15, 0.2) is 60.8 Å². The third-order valence-corrected chi connectivity index (χ3v) is 10.1. The van der Waals surface area contributed by atoms with Crippen LogP contribution in [0, 0.1) is 11.3 Å². The predicted molar refractivity (Wildman–Crippen MR) is 210 cm³/mol. The van der Waals surface area contributed by atoms with Crippen molar-refractivity contribution in [2.24, 2.45) is 11.3 Å². The number of benzene rings is 2. The monoisotopic (exact) mass is 740 g/mol. The Hall–Kier alpha value is -4.74. The Labute approximate surface area is 319 Å². The van der Waals surface area contributed by atoms with E-state index in [2.05, 4.69) is 54.9 Å². The molecule has 3 atom stereocenters. The van der Waals surface area contributed by atoms with E-state index < -0.39 is 23.7 Å². The maximum atomic E-state index is 13.9. The molecule has 2 N–H and O–H groups in total. The second kappa shape index (κ2) is 16.7. The number of alkyl carbamates (subject to hydrolysis) is 1. The van der Waals surface area contributed by atoms with Gasteiger partial charge in [-0.1, -0.05) is 44.2 Å². The topological polar surface area (TPSA) is 132 Å². The number of aliphatic hydroxyl groups is 1. The Kier molecular flexibility index (Phi) is 12.5. The maximum Gasteiger partial charge on any atom is 0.408 e. The van der Waals surface area contributed by atoms with Crippen molar-refractivity contribution < 1.29 is 33.7 Å². The Morgan fingerprint density at radius 3 is 2.43 bits per heavy atom. The highest BCUT2D eigenvalue weighted by Crippen LogP contribution is 2.41. The molecule has 2 aromatic heterocycles.